The number of nitrogens with one attached hydrogen (secondary N) is 1. The molecule has 1 aromatic rings. The Balaban J connectivity index is 2.57. The zero-order chi connectivity index (χ0) is 14.3. The van der Waals surface area contributed by atoms with Crippen molar-refractivity contribution in [3.63, 3.8) is 0 Å². The van der Waals surface area contributed by atoms with Gasteiger partial charge in [-0.2, -0.15) is 0 Å². The highest BCUT2D eigenvalue weighted by atomic mass is 16.5. The minimum Gasteiger partial charge on any atom is -0.465 e. The van der Waals surface area contributed by atoms with Crippen molar-refractivity contribution in [3.05, 3.63) is 17.8 Å². The van der Waals surface area contributed by atoms with Crippen LogP contribution in [0.4, 0.5) is 11.5 Å². The average Bonchev–Trinajstić information content (AvgIpc) is 2.38. The molecule has 0 saturated heterocycles. The molecule has 0 aliphatic heterocycles. The summed E-state index contributed by atoms with van der Waals surface area (Å²) >= 11 is 0. The molecule has 19 heavy (non-hydrogen) atoms. The number of anilines is 2. The van der Waals surface area contributed by atoms with Crippen LogP contribution in [0.15, 0.2) is 12.3 Å². The Morgan fingerprint density at radius 3 is 2.84 bits per heavy atom. The van der Waals surface area contributed by atoms with Crippen molar-refractivity contribution in [1.29, 1.82) is 0 Å². The van der Waals surface area contributed by atoms with Crippen LogP contribution in [0.2, 0.25) is 0 Å². The number of carbonyl (C=O) groups is 2. The number of hydrogen-bond acceptors (Lipinski definition) is 7. The molecule has 1 rings (SSSR count). The van der Waals surface area contributed by atoms with Crippen LogP contribution in [0.1, 0.15) is 10.4 Å². The van der Waals surface area contributed by atoms with E-state index in [0.717, 1.165) is 0 Å². The largest absolute Gasteiger partial charge is 0.465 e. The van der Waals surface area contributed by atoms with Crippen molar-refractivity contribution in [2.45, 2.75) is 0 Å². The van der Waals surface area contributed by atoms with Gasteiger partial charge in [0.05, 0.1) is 25.6 Å². The van der Waals surface area contributed by atoms with Crippen LogP contribution in [-0.2, 0) is 14.3 Å². The van der Waals surface area contributed by atoms with Gasteiger partial charge in [0, 0.05) is 6.54 Å². The Labute approximate surface area is 110 Å². The molecular weight excluding hydrogens is 252 g/mol. The second kappa shape index (κ2) is 7.17. The van der Waals surface area contributed by atoms with E-state index in [9.17, 15) is 9.59 Å². The first-order valence-corrected chi connectivity index (χ1v) is 5.48. The summed E-state index contributed by atoms with van der Waals surface area (Å²) in [4.78, 5) is 26.0. The summed E-state index contributed by atoms with van der Waals surface area (Å²) in [6.07, 6.45) is 1.42. The lowest BCUT2D eigenvalue weighted by molar-refractivity contribution is -0.122. The molecule has 1 aromatic heterocycles. The molecule has 0 aliphatic carbocycles. The Kier molecular flexibility index (Phi) is 5.55. The van der Waals surface area contributed by atoms with Gasteiger partial charge in [-0.15, -0.1) is 0 Å². The lowest BCUT2D eigenvalue weighted by Gasteiger charge is -2.10. The number of methoxy groups -OCH3 is 1. The number of primary amides is 1. The van der Waals surface area contributed by atoms with Crippen LogP contribution in [-0.4, -0.2) is 43.7 Å². The van der Waals surface area contributed by atoms with Crippen LogP contribution in [0.25, 0.3) is 0 Å². The fourth-order valence-electron chi connectivity index (χ4n) is 1.30. The Hall–Kier alpha value is -2.35. The Morgan fingerprint density at radius 1 is 1.47 bits per heavy atom. The van der Waals surface area contributed by atoms with Gasteiger partial charge in [0.25, 0.3) is 0 Å². The van der Waals surface area contributed by atoms with Crippen molar-refractivity contribution >= 4 is 23.4 Å². The van der Waals surface area contributed by atoms with Gasteiger partial charge in [0.1, 0.15) is 18.0 Å². The van der Waals surface area contributed by atoms with Gasteiger partial charge in [0.15, 0.2) is 0 Å². The summed E-state index contributed by atoms with van der Waals surface area (Å²) in [5.41, 5.74) is 11.1. The topological polar surface area (TPSA) is 130 Å². The maximum Gasteiger partial charge on any atom is 0.341 e. The normalized spacial score (nSPS) is 9.95. The predicted molar refractivity (Wildman–Crippen MR) is 68.5 cm³/mol. The summed E-state index contributed by atoms with van der Waals surface area (Å²) in [6, 6.07) is 1.46. The fraction of sp³-hybridized carbons (Fsp3) is 0.364. The molecule has 0 spiro atoms. The number of nitrogens with zero attached hydrogens (tertiary/aromatic N) is 1. The first-order valence-electron chi connectivity index (χ1n) is 5.48. The number of aromatic nitrogens is 1. The maximum absolute atomic E-state index is 11.5. The molecule has 0 aliphatic rings. The van der Waals surface area contributed by atoms with Crippen LogP contribution >= 0.6 is 0 Å². The molecule has 0 fully saturated rings. The third-order valence-corrected chi connectivity index (χ3v) is 2.10. The van der Waals surface area contributed by atoms with Crippen LogP contribution in [0.5, 0.6) is 0 Å². The molecule has 0 radical (unpaired) electrons. The number of hydrogen-bond donors (Lipinski definition) is 3. The van der Waals surface area contributed by atoms with Crippen LogP contribution in [0, 0.1) is 0 Å². The molecule has 0 unspecified atom stereocenters. The molecular formula is C11H16N4O4. The van der Waals surface area contributed by atoms with Gasteiger partial charge in [-0.3, -0.25) is 4.79 Å². The zero-order valence-electron chi connectivity index (χ0n) is 10.5. The third kappa shape index (κ3) is 4.80. The first-order chi connectivity index (χ1) is 9.04. The van der Waals surface area contributed by atoms with Crippen molar-refractivity contribution in [1.82, 2.24) is 4.98 Å². The molecule has 104 valence electrons. The number of rotatable bonds is 7. The minimum absolute atomic E-state index is 0.152. The highest BCUT2D eigenvalue weighted by Crippen LogP contribution is 2.16. The van der Waals surface area contributed by atoms with E-state index in [2.05, 4.69) is 15.0 Å². The average molecular weight is 268 g/mol. The number of carbonyl (C=O) groups excluding carboxylic acids is 2. The van der Waals surface area contributed by atoms with E-state index < -0.39 is 11.9 Å². The van der Waals surface area contributed by atoms with E-state index in [4.69, 9.17) is 16.2 Å². The first kappa shape index (κ1) is 14.7. The van der Waals surface area contributed by atoms with E-state index in [1.807, 2.05) is 0 Å². The minimum atomic E-state index is -0.541. The SMILES string of the molecule is COC(=O)c1cc(N)cnc1NCCOCC(N)=O. The van der Waals surface area contributed by atoms with Gasteiger partial charge in [-0.05, 0) is 6.07 Å². The lowest BCUT2D eigenvalue weighted by Crippen LogP contribution is -2.21. The number of amides is 1. The second-order valence-corrected chi connectivity index (χ2v) is 3.60. The third-order valence-electron chi connectivity index (χ3n) is 2.10. The van der Waals surface area contributed by atoms with Crippen LogP contribution < -0.4 is 16.8 Å². The number of esters is 1. The molecule has 8 nitrogen and oxygen atoms in total. The molecule has 0 aromatic carbocycles. The van der Waals surface area contributed by atoms with E-state index in [1.54, 1.807) is 0 Å². The smallest absolute Gasteiger partial charge is 0.341 e. The Morgan fingerprint density at radius 2 is 2.21 bits per heavy atom. The van der Waals surface area contributed by atoms with Crippen molar-refractivity contribution in [2.24, 2.45) is 5.73 Å². The van der Waals surface area contributed by atoms with Crippen molar-refractivity contribution in [2.75, 3.05) is 37.9 Å². The lowest BCUT2D eigenvalue weighted by atomic mass is 10.2. The molecule has 0 atom stereocenters. The molecule has 1 heterocycles. The molecule has 5 N–H and O–H groups in total. The number of nitrogens with two attached hydrogens (primary N) is 2. The summed E-state index contributed by atoms with van der Waals surface area (Å²) in [5, 5.41) is 2.88. The molecule has 0 bridgehead atoms. The number of pyridine rings is 1. The van der Waals surface area contributed by atoms with Crippen molar-refractivity contribution < 1.29 is 19.1 Å². The predicted octanol–water partition coefficient (Wildman–Crippen LogP) is -0.636. The summed E-state index contributed by atoms with van der Waals surface area (Å²) < 4.78 is 9.59. The number of ether oxygens (including phenoxy) is 2. The zero-order valence-corrected chi connectivity index (χ0v) is 10.5. The van der Waals surface area contributed by atoms with E-state index >= 15 is 0 Å². The molecule has 0 saturated carbocycles. The van der Waals surface area contributed by atoms with Gasteiger partial charge in [-0.25, -0.2) is 9.78 Å². The van der Waals surface area contributed by atoms with Crippen molar-refractivity contribution in [3.8, 4) is 0 Å². The number of nitrogen functional groups attached to an aromatic ring is 1. The fourth-order valence-corrected chi connectivity index (χ4v) is 1.30. The maximum atomic E-state index is 11.5. The van der Waals surface area contributed by atoms with Gasteiger partial charge in [-0.1, -0.05) is 0 Å². The standard InChI is InChI=1S/C11H16N4O4/c1-18-11(17)8-4-7(12)5-15-10(8)14-2-3-19-6-9(13)16/h4-5H,2-3,6,12H2,1H3,(H2,13,16)(H,14,15). The summed E-state index contributed by atoms with van der Waals surface area (Å²) in [5.74, 6) is -0.745. The molecule has 8 heteroatoms. The van der Waals surface area contributed by atoms with Gasteiger partial charge in [0.2, 0.25) is 5.91 Å². The monoisotopic (exact) mass is 268 g/mol. The molecule has 1 amide bonds. The highest BCUT2D eigenvalue weighted by molar-refractivity contribution is 5.95. The second-order valence-electron chi connectivity index (χ2n) is 3.60. The highest BCUT2D eigenvalue weighted by Gasteiger charge is 2.13. The quantitative estimate of drug-likeness (QED) is 0.443. The van der Waals surface area contributed by atoms with Gasteiger partial charge >= 0.3 is 5.97 Å². The van der Waals surface area contributed by atoms with E-state index in [1.165, 1.54) is 19.4 Å². The van der Waals surface area contributed by atoms with Gasteiger partial charge < -0.3 is 26.3 Å². The Bertz CT molecular complexity index is 464. The summed E-state index contributed by atoms with van der Waals surface area (Å²) in [6.45, 7) is 0.449. The summed E-state index contributed by atoms with van der Waals surface area (Å²) in [7, 11) is 1.27. The van der Waals surface area contributed by atoms with Crippen LogP contribution in [0.3, 0.4) is 0 Å². The van der Waals surface area contributed by atoms with E-state index in [-0.39, 0.29) is 18.8 Å². The van der Waals surface area contributed by atoms with E-state index in [0.29, 0.717) is 18.1 Å².